The van der Waals surface area contributed by atoms with E-state index >= 15 is 0 Å². The van der Waals surface area contributed by atoms with E-state index in [4.69, 9.17) is 10.3 Å². The summed E-state index contributed by atoms with van der Waals surface area (Å²) in [6, 6.07) is 17.1. The summed E-state index contributed by atoms with van der Waals surface area (Å²) in [5.74, 6) is 0.876. The summed E-state index contributed by atoms with van der Waals surface area (Å²) in [7, 11) is 0. The van der Waals surface area contributed by atoms with Gasteiger partial charge in [0.2, 0.25) is 0 Å². The van der Waals surface area contributed by atoms with Crippen LogP contribution in [0, 0.1) is 22.3 Å². The number of rotatable bonds is 5. The van der Waals surface area contributed by atoms with E-state index in [1.807, 2.05) is 12.3 Å². The Kier molecular flexibility index (Phi) is 12.7. The van der Waals surface area contributed by atoms with Crippen LogP contribution in [0.5, 0.6) is 0 Å². The Morgan fingerprint density at radius 2 is 1.27 bits per heavy atom. The number of pyridine rings is 1. The quantitative estimate of drug-likeness (QED) is 0.334. The second kappa shape index (κ2) is 12.4. The molecule has 30 heavy (non-hydrogen) atoms. The molecule has 0 N–H and O–H groups in total. The zero-order valence-electron chi connectivity index (χ0n) is 20.2. The first-order valence-electron chi connectivity index (χ1n) is 9.50. The van der Waals surface area contributed by atoms with Crippen LogP contribution in [-0.2, 0) is 31.7 Å². The molecule has 3 aromatic rings. The smallest absolute Gasteiger partial charge is 0.674 e. The van der Waals surface area contributed by atoms with Crippen molar-refractivity contribution < 1.29 is 26.2 Å². The van der Waals surface area contributed by atoms with E-state index in [0.29, 0.717) is 11.8 Å². The summed E-state index contributed by atoms with van der Waals surface area (Å²) in [6.45, 7) is 13.3. The Morgan fingerprint density at radius 1 is 0.767 bits per heavy atom. The van der Waals surface area contributed by atoms with Crippen molar-refractivity contribution in [3.05, 3.63) is 99.1 Å². The third kappa shape index (κ3) is 6.51. The molecule has 1 aromatic heterocycles. The van der Waals surface area contributed by atoms with Crippen molar-refractivity contribution in [2.45, 2.75) is 58.9 Å². The normalized spacial score (nSPS) is 10.5. The van der Waals surface area contributed by atoms with E-state index < -0.39 is 5.54 Å². The summed E-state index contributed by atoms with van der Waals surface area (Å²) in [4.78, 5) is 4.73. The summed E-state index contributed by atoms with van der Waals surface area (Å²) in [5, 5.41) is 7.62. The van der Waals surface area contributed by atoms with Crippen molar-refractivity contribution in [1.82, 2.24) is 4.98 Å². The van der Waals surface area contributed by atoms with Gasteiger partial charge in [-0.2, -0.15) is 0 Å². The van der Waals surface area contributed by atoms with Crippen molar-refractivity contribution in [2.75, 3.05) is 0 Å². The van der Waals surface area contributed by atoms with Gasteiger partial charge in [0.25, 0.3) is 0 Å². The summed E-state index contributed by atoms with van der Waals surface area (Å²) >= 11 is 0. The Morgan fingerprint density at radius 3 is 1.77 bits per heavy atom. The van der Waals surface area contributed by atoms with E-state index in [1.165, 1.54) is 16.5 Å². The predicted octanol–water partition coefficient (Wildman–Crippen LogP) is 8.77. The first-order chi connectivity index (χ1) is 12.3. The molecular formula is C27H38N2Zr. The van der Waals surface area contributed by atoms with Gasteiger partial charge < -0.3 is 27.6 Å². The van der Waals surface area contributed by atoms with Gasteiger partial charge in [0.1, 0.15) is 0 Å². The number of benzene rings is 2. The van der Waals surface area contributed by atoms with Gasteiger partial charge in [-0.15, -0.1) is 5.69 Å². The molecule has 0 unspecified atom stereocenters. The molecule has 0 radical (unpaired) electrons. The van der Waals surface area contributed by atoms with E-state index in [0.717, 1.165) is 16.8 Å². The van der Waals surface area contributed by atoms with Gasteiger partial charge >= 0.3 is 26.2 Å². The number of para-hydroxylation sites is 1. The second-order valence-corrected chi connectivity index (χ2v) is 8.18. The zero-order valence-corrected chi connectivity index (χ0v) is 22.7. The zero-order chi connectivity index (χ0) is 18.9. The Labute approximate surface area is 205 Å². The van der Waals surface area contributed by atoms with Gasteiger partial charge in [0, 0.05) is 17.3 Å². The standard InChI is InChI=1S/C24H29N2.3CH3.Zr/c1-16(2)20-12-9-13-21(17(3)4)23(20)26-24(5,6)22-14-18-10-7-8-11-19(18)15-25-22;;;;/h7-17H,1-6H3;3*1H3;/q4*-1;+4. The molecule has 0 saturated heterocycles. The third-order valence-electron chi connectivity index (χ3n) is 4.99. The van der Waals surface area contributed by atoms with Crippen molar-refractivity contribution in [1.29, 1.82) is 0 Å². The van der Waals surface area contributed by atoms with Crippen LogP contribution in [0.25, 0.3) is 16.1 Å². The van der Waals surface area contributed by atoms with Crippen molar-refractivity contribution in [3.63, 3.8) is 0 Å². The van der Waals surface area contributed by atoms with E-state index in [2.05, 4.69) is 84.0 Å². The van der Waals surface area contributed by atoms with Crippen LogP contribution in [0.1, 0.15) is 70.2 Å². The van der Waals surface area contributed by atoms with Gasteiger partial charge in [-0.1, -0.05) is 101 Å². The molecule has 0 aliphatic carbocycles. The van der Waals surface area contributed by atoms with Crippen LogP contribution in [0.4, 0.5) is 5.69 Å². The monoisotopic (exact) mass is 480 g/mol. The summed E-state index contributed by atoms with van der Waals surface area (Å²) in [5.41, 5.74) is 4.37. The van der Waals surface area contributed by atoms with Crippen LogP contribution < -0.4 is 0 Å². The minimum atomic E-state index is -0.390. The van der Waals surface area contributed by atoms with Crippen molar-refractivity contribution in [3.8, 4) is 0 Å². The first-order valence-corrected chi connectivity index (χ1v) is 9.50. The fourth-order valence-corrected chi connectivity index (χ4v) is 3.40. The van der Waals surface area contributed by atoms with Gasteiger partial charge in [-0.05, 0) is 23.3 Å². The number of nitrogens with zero attached hydrogens (tertiary/aromatic N) is 2. The average Bonchev–Trinajstić information content (AvgIpc) is 2.60. The second-order valence-electron chi connectivity index (χ2n) is 8.18. The van der Waals surface area contributed by atoms with Crippen LogP contribution in [-0.4, -0.2) is 4.98 Å². The fraction of sp³-hybridized carbons (Fsp3) is 0.333. The first kappa shape index (κ1) is 30.7. The minimum absolute atomic E-state index is 0. The molecule has 2 nitrogen and oxygen atoms in total. The van der Waals surface area contributed by atoms with Crippen LogP contribution in [0.2, 0.25) is 0 Å². The van der Waals surface area contributed by atoms with Crippen molar-refractivity contribution in [2.24, 2.45) is 0 Å². The number of hydrogen-bond acceptors (Lipinski definition) is 1. The molecule has 2 aromatic carbocycles. The number of hydrogen-bond donors (Lipinski definition) is 0. The molecule has 0 fully saturated rings. The average molecular weight is 482 g/mol. The molecule has 3 rings (SSSR count). The number of fused-ring (bicyclic) bond motifs is 1. The molecular weight excluding hydrogens is 444 g/mol. The molecule has 0 bridgehead atoms. The predicted molar refractivity (Wildman–Crippen MR) is 132 cm³/mol. The molecule has 0 atom stereocenters. The Balaban J connectivity index is 0. The van der Waals surface area contributed by atoms with Crippen LogP contribution in [0.3, 0.4) is 0 Å². The van der Waals surface area contributed by atoms with Gasteiger partial charge in [-0.3, -0.25) is 4.98 Å². The molecule has 0 amide bonds. The van der Waals surface area contributed by atoms with Crippen LogP contribution in [0.15, 0.2) is 54.7 Å². The number of aromatic nitrogens is 1. The fourth-order valence-electron chi connectivity index (χ4n) is 3.40. The molecule has 0 spiro atoms. The van der Waals surface area contributed by atoms with Gasteiger partial charge in [0.05, 0.1) is 0 Å². The molecule has 0 aliphatic heterocycles. The molecule has 1 heterocycles. The van der Waals surface area contributed by atoms with E-state index in [-0.39, 0.29) is 48.5 Å². The summed E-state index contributed by atoms with van der Waals surface area (Å²) in [6.07, 6.45) is 1.96. The maximum atomic E-state index is 5.25. The van der Waals surface area contributed by atoms with Crippen molar-refractivity contribution >= 4 is 16.5 Å². The Bertz CT molecular complexity index is 887. The van der Waals surface area contributed by atoms with Crippen LogP contribution >= 0.6 is 0 Å². The molecule has 0 aliphatic rings. The van der Waals surface area contributed by atoms with E-state index in [1.54, 1.807) is 0 Å². The molecule has 0 saturated carbocycles. The third-order valence-corrected chi connectivity index (χ3v) is 4.99. The molecule has 3 heteroatoms. The van der Waals surface area contributed by atoms with E-state index in [9.17, 15) is 0 Å². The Hall–Kier alpha value is -1.47. The summed E-state index contributed by atoms with van der Waals surface area (Å²) < 4.78 is 0. The minimum Gasteiger partial charge on any atom is -0.674 e. The maximum absolute atomic E-state index is 5.25. The van der Waals surface area contributed by atoms with Gasteiger partial charge in [0.15, 0.2) is 0 Å². The molecule has 160 valence electrons. The maximum Gasteiger partial charge on any atom is 4.00 e. The van der Waals surface area contributed by atoms with Gasteiger partial charge in [-0.25, -0.2) is 0 Å². The topological polar surface area (TPSA) is 27.0 Å². The SMILES string of the molecule is CC(C)c1cccc(C(C)C)c1[N-]C(C)(C)c1cc2ccccc2cn1.[CH3-].[CH3-].[CH3-].[Zr+4]. The largest absolute Gasteiger partial charge is 4.00 e.